The molecule has 1 aliphatic carbocycles. The quantitative estimate of drug-likeness (QED) is 0.343. The fourth-order valence-electron chi connectivity index (χ4n) is 2.48. The zero-order valence-electron chi connectivity index (χ0n) is 12.4. The first kappa shape index (κ1) is 16.0. The smallest absolute Gasteiger partial charge is 0.329 e. The minimum atomic E-state index is -0.795. The van der Waals surface area contributed by atoms with Gasteiger partial charge in [-0.2, -0.15) is 5.10 Å². The third kappa shape index (κ3) is 4.87. The summed E-state index contributed by atoms with van der Waals surface area (Å²) >= 11 is 0. The summed E-state index contributed by atoms with van der Waals surface area (Å²) in [6, 6.07) is 6.66. The highest BCUT2D eigenvalue weighted by Crippen LogP contribution is 2.17. The van der Waals surface area contributed by atoms with Crippen molar-refractivity contribution in [3.63, 3.8) is 0 Å². The number of hydrogen-bond donors (Lipinski definition) is 3. The summed E-state index contributed by atoms with van der Waals surface area (Å²) in [6.45, 7) is 0. The second-order valence-electron chi connectivity index (χ2n) is 5.42. The van der Waals surface area contributed by atoms with Crippen molar-refractivity contribution in [2.45, 2.75) is 44.6 Å². The molecule has 0 heterocycles. The lowest BCUT2D eigenvalue weighted by Crippen LogP contribution is -2.43. The first-order valence-corrected chi connectivity index (χ1v) is 7.58. The molecule has 0 aliphatic heterocycles. The van der Waals surface area contributed by atoms with Crippen LogP contribution < -0.4 is 10.7 Å². The van der Waals surface area contributed by atoms with E-state index in [0.717, 1.165) is 25.7 Å². The highest BCUT2D eigenvalue weighted by molar-refractivity contribution is 6.35. The van der Waals surface area contributed by atoms with E-state index in [0.29, 0.717) is 5.56 Å². The van der Waals surface area contributed by atoms with Gasteiger partial charge in [-0.25, -0.2) is 5.43 Å². The molecular formula is C16H21N3O3. The van der Waals surface area contributed by atoms with Crippen LogP contribution in [0.5, 0.6) is 5.75 Å². The number of hydrazone groups is 1. The number of aromatic hydroxyl groups is 1. The molecule has 0 radical (unpaired) electrons. The number of phenols is 1. The number of amides is 2. The number of carbonyl (C=O) groups excluding carboxylic acids is 2. The number of nitrogens with one attached hydrogen (secondary N) is 2. The van der Waals surface area contributed by atoms with Gasteiger partial charge >= 0.3 is 11.8 Å². The van der Waals surface area contributed by atoms with Gasteiger partial charge in [-0.15, -0.1) is 0 Å². The summed E-state index contributed by atoms with van der Waals surface area (Å²) in [5.41, 5.74) is 2.64. The summed E-state index contributed by atoms with van der Waals surface area (Å²) in [5.74, 6) is -1.40. The molecule has 0 unspecified atom stereocenters. The van der Waals surface area contributed by atoms with E-state index in [4.69, 9.17) is 0 Å². The Balaban J connectivity index is 1.81. The molecule has 0 atom stereocenters. The highest BCUT2D eigenvalue weighted by atomic mass is 16.3. The van der Waals surface area contributed by atoms with E-state index in [2.05, 4.69) is 15.8 Å². The molecular weight excluding hydrogens is 282 g/mol. The van der Waals surface area contributed by atoms with Crippen molar-refractivity contribution >= 4 is 18.0 Å². The van der Waals surface area contributed by atoms with Gasteiger partial charge in [0.2, 0.25) is 0 Å². The number of benzene rings is 1. The molecule has 0 saturated heterocycles. The maximum atomic E-state index is 11.8. The molecule has 1 aromatic carbocycles. The second-order valence-corrected chi connectivity index (χ2v) is 5.42. The van der Waals surface area contributed by atoms with Crippen molar-refractivity contribution in [1.82, 2.24) is 10.7 Å². The van der Waals surface area contributed by atoms with Crippen molar-refractivity contribution in [2.75, 3.05) is 0 Å². The minimum Gasteiger partial charge on any atom is -0.507 e. The predicted molar refractivity (Wildman–Crippen MR) is 83.5 cm³/mol. The molecule has 1 fully saturated rings. The maximum Gasteiger partial charge on any atom is 0.329 e. The summed E-state index contributed by atoms with van der Waals surface area (Å²) < 4.78 is 0. The number of phenolic OH excluding ortho intramolecular Hbond substituents is 1. The van der Waals surface area contributed by atoms with Crippen molar-refractivity contribution in [2.24, 2.45) is 5.10 Å². The average Bonchev–Trinajstić information content (AvgIpc) is 2.77. The fourth-order valence-corrected chi connectivity index (χ4v) is 2.48. The van der Waals surface area contributed by atoms with Crippen molar-refractivity contribution in [3.8, 4) is 5.75 Å². The van der Waals surface area contributed by atoms with Crippen LogP contribution in [0.4, 0.5) is 0 Å². The molecule has 1 saturated carbocycles. The first-order valence-electron chi connectivity index (χ1n) is 7.58. The van der Waals surface area contributed by atoms with Crippen LogP contribution in [0.1, 0.15) is 44.1 Å². The standard InChI is InChI=1S/C16H21N3O3/c20-14-10-6-5-7-12(14)11-17-19-16(22)15(21)18-13-8-3-1-2-4-9-13/h5-7,10-11,13,20H,1-4,8-9H2,(H,18,21)(H,19,22)/b17-11-. The van der Waals surface area contributed by atoms with Crippen LogP contribution in [-0.2, 0) is 9.59 Å². The van der Waals surface area contributed by atoms with E-state index in [1.165, 1.54) is 25.1 Å². The highest BCUT2D eigenvalue weighted by Gasteiger charge is 2.19. The van der Waals surface area contributed by atoms with E-state index >= 15 is 0 Å². The van der Waals surface area contributed by atoms with Gasteiger partial charge in [-0.3, -0.25) is 9.59 Å². The molecule has 118 valence electrons. The number of rotatable bonds is 3. The van der Waals surface area contributed by atoms with Crippen LogP contribution in [-0.4, -0.2) is 29.2 Å². The van der Waals surface area contributed by atoms with Crippen LogP contribution in [0.15, 0.2) is 29.4 Å². The monoisotopic (exact) mass is 303 g/mol. The van der Waals surface area contributed by atoms with E-state index in [1.807, 2.05) is 0 Å². The Kier molecular flexibility index (Phi) is 5.94. The Morgan fingerprint density at radius 2 is 1.77 bits per heavy atom. The van der Waals surface area contributed by atoms with Crippen LogP contribution in [0.2, 0.25) is 0 Å². The molecule has 0 spiro atoms. The molecule has 6 heteroatoms. The summed E-state index contributed by atoms with van der Waals surface area (Å²) in [4.78, 5) is 23.5. The predicted octanol–water partition coefficient (Wildman–Crippen LogP) is 1.68. The van der Waals surface area contributed by atoms with E-state index < -0.39 is 11.8 Å². The van der Waals surface area contributed by atoms with Crippen molar-refractivity contribution < 1.29 is 14.7 Å². The fraction of sp³-hybridized carbons (Fsp3) is 0.438. The Bertz CT molecular complexity index is 549. The maximum absolute atomic E-state index is 11.8. The SMILES string of the molecule is O=C(N/N=C\c1ccccc1O)C(=O)NC1CCCCCC1. The van der Waals surface area contributed by atoms with Crippen LogP contribution in [0.25, 0.3) is 0 Å². The molecule has 2 rings (SSSR count). The zero-order chi connectivity index (χ0) is 15.8. The molecule has 1 aromatic rings. The third-order valence-electron chi connectivity index (χ3n) is 3.70. The molecule has 0 aromatic heterocycles. The Hall–Kier alpha value is -2.37. The third-order valence-corrected chi connectivity index (χ3v) is 3.70. The molecule has 22 heavy (non-hydrogen) atoms. The Labute approximate surface area is 129 Å². The molecule has 1 aliphatic rings. The Morgan fingerprint density at radius 3 is 2.45 bits per heavy atom. The van der Waals surface area contributed by atoms with Gasteiger partial charge in [-0.05, 0) is 25.0 Å². The van der Waals surface area contributed by atoms with Gasteiger partial charge in [0, 0.05) is 11.6 Å². The molecule has 6 nitrogen and oxygen atoms in total. The van der Waals surface area contributed by atoms with Gasteiger partial charge in [0.25, 0.3) is 0 Å². The summed E-state index contributed by atoms with van der Waals surface area (Å²) in [6.07, 6.45) is 7.66. The van der Waals surface area contributed by atoms with Gasteiger partial charge in [0.05, 0.1) is 6.21 Å². The van der Waals surface area contributed by atoms with Gasteiger partial charge in [-0.1, -0.05) is 37.8 Å². The van der Waals surface area contributed by atoms with Crippen LogP contribution in [0, 0.1) is 0 Å². The second kappa shape index (κ2) is 8.17. The first-order chi connectivity index (χ1) is 10.7. The minimum absolute atomic E-state index is 0.0587. The lowest BCUT2D eigenvalue weighted by atomic mass is 10.1. The van der Waals surface area contributed by atoms with Crippen molar-refractivity contribution in [3.05, 3.63) is 29.8 Å². The molecule has 2 amide bonds. The van der Waals surface area contributed by atoms with Gasteiger partial charge in [0.1, 0.15) is 5.75 Å². The van der Waals surface area contributed by atoms with Crippen LogP contribution in [0.3, 0.4) is 0 Å². The van der Waals surface area contributed by atoms with Gasteiger partial charge < -0.3 is 10.4 Å². The number of para-hydroxylation sites is 1. The summed E-state index contributed by atoms with van der Waals surface area (Å²) in [5, 5.41) is 16.0. The lowest BCUT2D eigenvalue weighted by Gasteiger charge is -2.14. The number of hydrogen-bond acceptors (Lipinski definition) is 4. The van der Waals surface area contributed by atoms with Gasteiger partial charge in [0.15, 0.2) is 0 Å². The van der Waals surface area contributed by atoms with E-state index in [9.17, 15) is 14.7 Å². The van der Waals surface area contributed by atoms with Crippen LogP contribution >= 0.6 is 0 Å². The Morgan fingerprint density at radius 1 is 1.09 bits per heavy atom. The van der Waals surface area contributed by atoms with E-state index in [1.54, 1.807) is 18.2 Å². The largest absolute Gasteiger partial charge is 0.507 e. The number of carbonyl (C=O) groups is 2. The molecule has 3 N–H and O–H groups in total. The topological polar surface area (TPSA) is 90.8 Å². The summed E-state index contributed by atoms with van der Waals surface area (Å²) in [7, 11) is 0. The lowest BCUT2D eigenvalue weighted by molar-refractivity contribution is -0.139. The normalized spacial score (nSPS) is 16.2. The number of nitrogens with zero attached hydrogens (tertiary/aromatic N) is 1. The van der Waals surface area contributed by atoms with Crippen molar-refractivity contribution in [1.29, 1.82) is 0 Å². The van der Waals surface area contributed by atoms with E-state index in [-0.39, 0.29) is 11.8 Å². The zero-order valence-corrected chi connectivity index (χ0v) is 12.4. The molecule has 0 bridgehead atoms. The average molecular weight is 303 g/mol.